The lowest BCUT2D eigenvalue weighted by atomic mass is 9.79. The van der Waals surface area contributed by atoms with Crippen LogP contribution < -0.4 is 10.1 Å². The molecule has 0 amide bonds. The van der Waals surface area contributed by atoms with Crippen molar-refractivity contribution in [1.29, 1.82) is 0 Å². The smallest absolute Gasteiger partial charge is 0.126 e. The Morgan fingerprint density at radius 1 is 1.32 bits per heavy atom. The molecule has 1 aromatic rings. The molecule has 0 bridgehead atoms. The molecule has 1 N–H and O–H groups in total. The highest BCUT2D eigenvalue weighted by atomic mass is 16.5. The van der Waals surface area contributed by atoms with Gasteiger partial charge in [0.1, 0.15) is 5.75 Å². The van der Waals surface area contributed by atoms with Gasteiger partial charge in [-0.3, -0.25) is 0 Å². The van der Waals surface area contributed by atoms with Gasteiger partial charge in [0.2, 0.25) is 0 Å². The average Bonchev–Trinajstić information content (AvgIpc) is 2.35. The summed E-state index contributed by atoms with van der Waals surface area (Å²) in [4.78, 5) is 0. The molecule has 1 aliphatic carbocycles. The Bertz CT molecular complexity index is 424. The minimum atomic E-state index is 0.435. The number of rotatable bonds is 6. The molecule has 1 atom stereocenters. The summed E-state index contributed by atoms with van der Waals surface area (Å²) in [6, 6.07) is 4.90. The maximum atomic E-state index is 5.68. The van der Waals surface area contributed by atoms with Crippen LogP contribution in [0.25, 0.3) is 0 Å². The number of hydrogen-bond acceptors (Lipinski definition) is 2. The molecule has 0 heterocycles. The largest absolute Gasteiger partial charge is 0.496 e. The molecule has 1 aliphatic rings. The fraction of sp³-hybridized carbons (Fsp3) is 0.647. The Morgan fingerprint density at radius 2 is 2.05 bits per heavy atom. The summed E-state index contributed by atoms with van der Waals surface area (Å²) in [6.45, 7) is 7.49. The molecular formula is C17H27NO. The zero-order chi connectivity index (χ0) is 13.8. The third-order valence-corrected chi connectivity index (χ3v) is 4.53. The Kier molecular flexibility index (Phi) is 4.87. The summed E-state index contributed by atoms with van der Waals surface area (Å²) in [5.41, 5.74) is 3.91. The number of methoxy groups -OCH3 is 1. The normalized spacial score (nSPS) is 17.1. The third-order valence-electron chi connectivity index (χ3n) is 4.53. The van der Waals surface area contributed by atoms with Crippen LogP contribution in [0.1, 0.15) is 55.3 Å². The first-order valence-electron chi connectivity index (χ1n) is 7.54. The molecular weight excluding hydrogens is 234 g/mol. The fourth-order valence-corrected chi connectivity index (χ4v) is 2.98. The Labute approximate surface area is 117 Å². The van der Waals surface area contributed by atoms with E-state index in [9.17, 15) is 0 Å². The van der Waals surface area contributed by atoms with Crippen molar-refractivity contribution in [3.8, 4) is 5.75 Å². The van der Waals surface area contributed by atoms with Gasteiger partial charge in [-0.1, -0.05) is 38.3 Å². The average molecular weight is 261 g/mol. The highest BCUT2D eigenvalue weighted by Crippen LogP contribution is 2.38. The number of nitrogens with one attached hydrogen (secondary N) is 1. The van der Waals surface area contributed by atoms with Crippen LogP contribution in [0.3, 0.4) is 0 Å². The molecule has 1 unspecified atom stereocenters. The van der Waals surface area contributed by atoms with E-state index in [0.29, 0.717) is 6.04 Å². The maximum absolute atomic E-state index is 5.68. The van der Waals surface area contributed by atoms with Crippen molar-refractivity contribution in [3.63, 3.8) is 0 Å². The molecule has 0 aliphatic heterocycles. The van der Waals surface area contributed by atoms with E-state index in [2.05, 4.69) is 38.2 Å². The van der Waals surface area contributed by atoms with Gasteiger partial charge in [-0.05, 0) is 43.9 Å². The second kappa shape index (κ2) is 6.42. The second-order valence-corrected chi connectivity index (χ2v) is 5.77. The first-order valence-corrected chi connectivity index (χ1v) is 7.54. The van der Waals surface area contributed by atoms with E-state index in [-0.39, 0.29) is 0 Å². The van der Waals surface area contributed by atoms with E-state index in [4.69, 9.17) is 4.74 Å². The highest BCUT2D eigenvalue weighted by Gasteiger charge is 2.25. The van der Waals surface area contributed by atoms with Crippen LogP contribution in [0.15, 0.2) is 12.1 Å². The molecule has 2 rings (SSSR count). The summed E-state index contributed by atoms with van der Waals surface area (Å²) < 4.78 is 5.68. The number of aryl methyl sites for hydroxylation is 1. The fourth-order valence-electron chi connectivity index (χ4n) is 2.98. The monoisotopic (exact) mass is 261 g/mol. The van der Waals surface area contributed by atoms with Crippen LogP contribution in [-0.4, -0.2) is 13.7 Å². The molecule has 2 nitrogen and oxygen atoms in total. The van der Waals surface area contributed by atoms with Gasteiger partial charge in [0.25, 0.3) is 0 Å². The Hall–Kier alpha value is -1.02. The number of ether oxygens (including phenoxy) is 1. The quantitative estimate of drug-likeness (QED) is 0.830. The summed E-state index contributed by atoms with van der Waals surface area (Å²) in [5, 5.41) is 3.64. The van der Waals surface area contributed by atoms with Gasteiger partial charge < -0.3 is 10.1 Å². The van der Waals surface area contributed by atoms with Gasteiger partial charge in [0, 0.05) is 11.6 Å². The molecule has 0 spiro atoms. The molecule has 1 fully saturated rings. The first-order chi connectivity index (χ1) is 9.17. The van der Waals surface area contributed by atoms with Crippen molar-refractivity contribution in [2.24, 2.45) is 5.92 Å². The van der Waals surface area contributed by atoms with Crippen LogP contribution in [0.4, 0.5) is 0 Å². The topological polar surface area (TPSA) is 21.3 Å². The zero-order valence-corrected chi connectivity index (χ0v) is 12.8. The molecule has 106 valence electrons. The van der Waals surface area contributed by atoms with Gasteiger partial charge in [-0.2, -0.15) is 0 Å². The van der Waals surface area contributed by atoms with Crippen molar-refractivity contribution in [3.05, 3.63) is 28.8 Å². The summed E-state index contributed by atoms with van der Waals surface area (Å²) >= 11 is 0. The van der Waals surface area contributed by atoms with Crippen LogP contribution in [0, 0.1) is 19.8 Å². The lowest BCUT2D eigenvalue weighted by Crippen LogP contribution is -2.26. The molecule has 0 radical (unpaired) electrons. The number of hydrogen-bond donors (Lipinski definition) is 1. The van der Waals surface area contributed by atoms with Crippen LogP contribution in [-0.2, 0) is 0 Å². The van der Waals surface area contributed by atoms with E-state index in [1.165, 1.54) is 42.4 Å². The second-order valence-electron chi connectivity index (χ2n) is 5.77. The molecule has 0 aromatic heterocycles. The zero-order valence-electron chi connectivity index (χ0n) is 12.8. The lowest BCUT2D eigenvalue weighted by Gasteiger charge is -2.31. The van der Waals surface area contributed by atoms with Crippen molar-refractivity contribution in [1.82, 2.24) is 5.32 Å². The van der Waals surface area contributed by atoms with Gasteiger partial charge in [0.15, 0.2) is 0 Å². The predicted molar refractivity (Wildman–Crippen MR) is 80.8 cm³/mol. The number of benzene rings is 1. The standard InChI is InChI=1S/C17H27NO/c1-5-18-16(11-14-7-6-8-14)15-10-9-12(2)13(3)17(15)19-4/h9-10,14,16,18H,5-8,11H2,1-4H3. The highest BCUT2D eigenvalue weighted by molar-refractivity contribution is 5.46. The van der Waals surface area contributed by atoms with E-state index in [1.54, 1.807) is 7.11 Å². The van der Waals surface area contributed by atoms with E-state index >= 15 is 0 Å². The molecule has 19 heavy (non-hydrogen) atoms. The Morgan fingerprint density at radius 3 is 2.58 bits per heavy atom. The third kappa shape index (κ3) is 3.11. The van der Waals surface area contributed by atoms with E-state index in [0.717, 1.165) is 18.2 Å². The lowest BCUT2D eigenvalue weighted by molar-refractivity contribution is 0.259. The van der Waals surface area contributed by atoms with Gasteiger partial charge in [0.05, 0.1) is 7.11 Å². The first kappa shape index (κ1) is 14.4. The Balaban J connectivity index is 2.26. The summed E-state index contributed by atoms with van der Waals surface area (Å²) in [5.74, 6) is 1.97. The maximum Gasteiger partial charge on any atom is 0.126 e. The van der Waals surface area contributed by atoms with E-state index in [1.807, 2.05) is 0 Å². The van der Waals surface area contributed by atoms with Crippen LogP contribution >= 0.6 is 0 Å². The van der Waals surface area contributed by atoms with E-state index < -0.39 is 0 Å². The van der Waals surface area contributed by atoms with Gasteiger partial charge in [-0.15, -0.1) is 0 Å². The summed E-state index contributed by atoms with van der Waals surface area (Å²) in [7, 11) is 1.79. The van der Waals surface area contributed by atoms with Gasteiger partial charge in [-0.25, -0.2) is 0 Å². The van der Waals surface area contributed by atoms with Crippen molar-refractivity contribution in [2.75, 3.05) is 13.7 Å². The van der Waals surface area contributed by atoms with Crippen LogP contribution in [0.5, 0.6) is 5.75 Å². The molecule has 1 saturated carbocycles. The molecule has 1 aromatic carbocycles. The minimum Gasteiger partial charge on any atom is -0.496 e. The predicted octanol–water partition coefficient (Wildman–Crippen LogP) is 4.15. The van der Waals surface area contributed by atoms with Crippen LogP contribution in [0.2, 0.25) is 0 Å². The summed E-state index contributed by atoms with van der Waals surface area (Å²) in [6.07, 6.45) is 5.45. The molecule has 2 heteroatoms. The van der Waals surface area contributed by atoms with Crippen molar-refractivity contribution >= 4 is 0 Å². The van der Waals surface area contributed by atoms with Gasteiger partial charge >= 0.3 is 0 Å². The molecule has 0 saturated heterocycles. The SMILES string of the molecule is CCNC(CC1CCC1)c1ccc(C)c(C)c1OC. The van der Waals surface area contributed by atoms with Crippen molar-refractivity contribution < 1.29 is 4.74 Å². The minimum absolute atomic E-state index is 0.435. The van der Waals surface area contributed by atoms with Crippen molar-refractivity contribution in [2.45, 2.75) is 52.5 Å².